The summed E-state index contributed by atoms with van der Waals surface area (Å²) in [7, 11) is 0. The van der Waals surface area contributed by atoms with Crippen molar-refractivity contribution in [2.45, 2.75) is 0 Å². The van der Waals surface area contributed by atoms with Crippen LogP contribution in [0.15, 0.2) is 73.2 Å². The zero-order valence-electron chi connectivity index (χ0n) is 13.0. The second-order valence-corrected chi connectivity index (χ2v) is 5.18. The van der Waals surface area contributed by atoms with Gasteiger partial charge in [-0.25, -0.2) is 14.1 Å². The average Bonchev–Trinajstić information content (AvgIpc) is 3.13. The van der Waals surface area contributed by atoms with Crippen LogP contribution in [0.25, 0.3) is 17.1 Å². The highest BCUT2D eigenvalue weighted by molar-refractivity contribution is 5.53. The maximum absolute atomic E-state index is 14.0. The predicted molar refractivity (Wildman–Crippen MR) is 88.9 cm³/mol. The Hall–Kier alpha value is -3.61. The Labute approximate surface area is 142 Å². The van der Waals surface area contributed by atoms with E-state index in [2.05, 4.69) is 20.3 Å². The summed E-state index contributed by atoms with van der Waals surface area (Å²) in [6, 6.07) is 15.1. The van der Waals surface area contributed by atoms with Crippen molar-refractivity contribution >= 4 is 0 Å². The third kappa shape index (κ3) is 3.35. The Kier molecular flexibility index (Phi) is 3.88. The molecule has 0 spiro atoms. The largest absolute Gasteiger partial charge is 0.439 e. The van der Waals surface area contributed by atoms with Crippen molar-refractivity contribution in [3.63, 3.8) is 0 Å². The van der Waals surface area contributed by atoms with E-state index in [0.717, 1.165) is 0 Å². The second kappa shape index (κ2) is 6.48. The Bertz CT molecular complexity index is 989. The highest BCUT2D eigenvalue weighted by Crippen LogP contribution is 2.24. The van der Waals surface area contributed by atoms with E-state index >= 15 is 0 Å². The van der Waals surface area contributed by atoms with E-state index < -0.39 is 5.82 Å². The van der Waals surface area contributed by atoms with E-state index in [1.54, 1.807) is 42.9 Å². The van der Waals surface area contributed by atoms with Crippen LogP contribution in [0.3, 0.4) is 0 Å². The molecule has 3 heterocycles. The van der Waals surface area contributed by atoms with Gasteiger partial charge in [-0.1, -0.05) is 17.3 Å². The van der Waals surface area contributed by atoms with E-state index in [4.69, 9.17) is 4.74 Å². The average molecular weight is 333 g/mol. The summed E-state index contributed by atoms with van der Waals surface area (Å²) in [5.74, 6) is 0.258. The molecule has 0 saturated heterocycles. The maximum Gasteiger partial charge on any atom is 0.219 e. The highest BCUT2D eigenvalue weighted by Gasteiger charge is 2.09. The van der Waals surface area contributed by atoms with Gasteiger partial charge < -0.3 is 4.74 Å². The minimum atomic E-state index is -0.446. The number of pyridine rings is 2. The topological polar surface area (TPSA) is 65.7 Å². The monoisotopic (exact) mass is 333 g/mol. The molecule has 0 atom stereocenters. The Morgan fingerprint density at radius 2 is 1.72 bits per heavy atom. The van der Waals surface area contributed by atoms with Gasteiger partial charge in [-0.2, -0.15) is 0 Å². The van der Waals surface area contributed by atoms with Crippen LogP contribution >= 0.6 is 0 Å². The van der Waals surface area contributed by atoms with E-state index in [1.807, 2.05) is 18.2 Å². The van der Waals surface area contributed by atoms with Gasteiger partial charge in [-0.3, -0.25) is 4.98 Å². The number of benzene rings is 1. The van der Waals surface area contributed by atoms with Gasteiger partial charge in [0.2, 0.25) is 5.88 Å². The number of rotatable bonds is 4. The molecule has 25 heavy (non-hydrogen) atoms. The fourth-order valence-corrected chi connectivity index (χ4v) is 2.29. The summed E-state index contributed by atoms with van der Waals surface area (Å²) >= 11 is 0. The number of hydrogen-bond donors (Lipinski definition) is 0. The molecule has 0 amide bonds. The first-order valence-corrected chi connectivity index (χ1v) is 7.51. The van der Waals surface area contributed by atoms with Crippen LogP contribution in [0.5, 0.6) is 11.6 Å². The zero-order chi connectivity index (χ0) is 17.1. The molecule has 0 bridgehead atoms. The SMILES string of the molecule is Fc1cc(Oc2ccccn2)cc(-n2cc(-c3ccccn3)nn2)c1. The lowest BCUT2D eigenvalue weighted by Crippen LogP contribution is -1.97. The first-order chi connectivity index (χ1) is 12.3. The minimum absolute atomic E-state index is 0.323. The van der Waals surface area contributed by atoms with Gasteiger partial charge in [0.15, 0.2) is 0 Å². The van der Waals surface area contributed by atoms with E-state index in [-0.39, 0.29) is 0 Å². The van der Waals surface area contributed by atoms with Crippen molar-refractivity contribution in [1.29, 1.82) is 0 Å². The molecule has 1 aromatic carbocycles. The summed E-state index contributed by atoms with van der Waals surface area (Å²) in [4.78, 5) is 8.29. The van der Waals surface area contributed by atoms with Crippen molar-refractivity contribution < 1.29 is 9.13 Å². The lowest BCUT2D eigenvalue weighted by molar-refractivity contribution is 0.457. The third-order valence-corrected chi connectivity index (χ3v) is 3.40. The Morgan fingerprint density at radius 1 is 0.880 bits per heavy atom. The number of nitrogens with zero attached hydrogens (tertiary/aromatic N) is 5. The summed E-state index contributed by atoms with van der Waals surface area (Å²) < 4.78 is 21.0. The lowest BCUT2D eigenvalue weighted by atomic mass is 10.2. The van der Waals surface area contributed by atoms with Gasteiger partial charge in [-0.05, 0) is 24.3 Å². The Morgan fingerprint density at radius 3 is 2.48 bits per heavy atom. The van der Waals surface area contributed by atoms with Gasteiger partial charge in [-0.15, -0.1) is 5.10 Å². The number of aromatic nitrogens is 5. The van der Waals surface area contributed by atoms with Crippen LogP contribution in [0.1, 0.15) is 0 Å². The molecule has 7 heteroatoms. The highest BCUT2D eigenvalue weighted by atomic mass is 19.1. The van der Waals surface area contributed by atoms with Gasteiger partial charge in [0.1, 0.15) is 17.3 Å². The molecule has 122 valence electrons. The smallest absolute Gasteiger partial charge is 0.219 e. The van der Waals surface area contributed by atoms with Crippen LogP contribution in [0, 0.1) is 5.82 Å². The summed E-state index contributed by atoms with van der Waals surface area (Å²) in [6.45, 7) is 0. The third-order valence-electron chi connectivity index (χ3n) is 3.40. The fourth-order valence-electron chi connectivity index (χ4n) is 2.29. The van der Waals surface area contributed by atoms with Gasteiger partial charge in [0, 0.05) is 30.6 Å². The van der Waals surface area contributed by atoms with Crippen molar-refractivity contribution in [2.75, 3.05) is 0 Å². The molecule has 0 unspecified atom stereocenters. The molecular formula is C18H12FN5O. The second-order valence-electron chi connectivity index (χ2n) is 5.18. The van der Waals surface area contributed by atoms with Crippen molar-refractivity contribution in [2.24, 2.45) is 0 Å². The summed E-state index contributed by atoms with van der Waals surface area (Å²) in [5, 5.41) is 8.12. The van der Waals surface area contributed by atoms with Crippen LogP contribution in [0.4, 0.5) is 4.39 Å². The van der Waals surface area contributed by atoms with E-state index in [9.17, 15) is 4.39 Å². The molecule has 0 aliphatic heterocycles. The summed E-state index contributed by atoms with van der Waals surface area (Å²) in [5.41, 5.74) is 1.77. The normalized spacial score (nSPS) is 10.6. The van der Waals surface area contributed by atoms with Crippen LogP contribution in [-0.4, -0.2) is 25.0 Å². The molecule has 4 aromatic rings. The van der Waals surface area contributed by atoms with Crippen molar-refractivity contribution in [3.05, 3.63) is 79.0 Å². The first kappa shape index (κ1) is 14.9. The van der Waals surface area contributed by atoms with E-state index in [0.29, 0.717) is 28.7 Å². The van der Waals surface area contributed by atoms with Crippen molar-refractivity contribution in [3.8, 4) is 28.7 Å². The van der Waals surface area contributed by atoms with Gasteiger partial charge in [0.25, 0.3) is 0 Å². The summed E-state index contributed by atoms with van der Waals surface area (Å²) in [6.07, 6.45) is 4.96. The molecule has 0 radical (unpaired) electrons. The fraction of sp³-hybridized carbons (Fsp3) is 0. The molecule has 3 aromatic heterocycles. The maximum atomic E-state index is 14.0. The molecule has 0 aliphatic rings. The van der Waals surface area contributed by atoms with E-state index in [1.165, 1.54) is 16.8 Å². The number of halogens is 1. The lowest BCUT2D eigenvalue weighted by Gasteiger charge is -2.07. The molecule has 6 nitrogen and oxygen atoms in total. The van der Waals surface area contributed by atoms with Crippen LogP contribution < -0.4 is 4.74 Å². The zero-order valence-corrected chi connectivity index (χ0v) is 13.0. The van der Waals surface area contributed by atoms with Crippen LogP contribution in [-0.2, 0) is 0 Å². The number of ether oxygens (including phenoxy) is 1. The standard InChI is InChI=1S/C18H12FN5O/c19-13-9-14(11-15(10-13)25-18-6-2-4-8-21-18)24-12-17(22-23-24)16-5-1-3-7-20-16/h1-12H. The van der Waals surface area contributed by atoms with Crippen LogP contribution in [0.2, 0.25) is 0 Å². The quantitative estimate of drug-likeness (QED) is 0.570. The Balaban J connectivity index is 1.66. The molecule has 0 N–H and O–H groups in total. The first-order valence-electron chi connectivity index (χ1n) is 7.51. The molecule has 4 rings (SSSR count). The molecular weight excluding hydrogens is 321 g/mol. The minimum Gasteiger partial charge on any atom is -0.439 e. The molecule has 0 saturated carbocycles. The predicted octanol–water partition coefficient (Wildman–Crippen LogP) is 3.66. The van der Waals surface area contributed by atoms with Crippen molar-refractivity contribution in [1.82, 2.24) is 25.0 Å². The molecule has 0 fully saturated rings. The van der Waals surface area contributed by atoms with Gasteiger partial charge >= 0.3 is 0 Å². The molecule has 0 aliphatic carbocycles. The number of hydrogen-bond acceptors (Lipinski definition) is 5. The van der Waals surface area contributed by atoms with Gasteiger partial charge in [0.05, 0.1) is 17.6 Å².